The number of aliphatic carboxylic acids is 1. The lowest BCUT2D eigenvalue weighted by atomic mass is 9.73. The molecule has 1 rings (SSSR count). The van der Waals surface area contributed by atoms with E-state index < -0.39 is 5.97 Å². The van der Waals surface area contributed by atoms with E-state index in [1.165, 1.54) is 19.3 Å². The maximum atomic E-state index is 11.2. The Hall–Kier alpha value is -0.570. The molecule has 0 aromatic rings. The van der Waals surface area contributed by atoms with Gasteiger partial charge in [-0.1, -0.05) is 33.6 Å². The second kappa shape index (κ2) is 5.67. The van der Waals surface area contributed by atoms with E-state index in [0.717, 1.165) is 26.1 Å². The molecule has 1 heterocycles. The Kier molecular flexibility index (Phi) is 4.78. The summed E-state index contributed by atoms with van der Waals surface area (Å²) >= 11 is 0. The molecule has 0 aliphatic carbocycles. The van der Waals surface area contributed by atoms with E-state index in [9.17, 15) is 9.90 Å². The molecule has 0 bridgehead atoms. The van der Waals surface area contributed by atoms with Crippen molar-refractivity contribution in [2.24, 2.45) is 11.3 Å². The van der Waals surface area contributed by atoms with Crippen LogP contribution in [0.1, 0.15) is 46.5 Å². The van der Waals surface area contributed by atoms with E-state index in [2.05, 4.69) is 25.7 Å². The summed E-state index contributed by atoms with van der Waals surface area (Å²) in [5.74, 6) is -0.840. The molecule has 0 saturated carbocycles. The van der Waals surface area contributed by atoms with Gasteiger partial charge in [0, 0.05) is 6.54 Å². The molecule has 1 N–H and O–H groups in total. The van der Waals surface area contributed by atoms with Crippen LogP contribution in [0.15, 0.2) is 0 Å². The highest BCUT2D eigenvalue weighted by atomic mass is 16.4. The van der Waals surface area contributed by atoms with E-state index in [1.54, 1.807) is 0 Å². The predicted molar refractivity (Wildman–Crippen MR) is 65.5 cm³/mol. The van der Waals surface area contributed by atoms with Gasteiger partial charge in [0.2, 0.25) is 0 Å². The lowest BCUT2D eigenvalue weighted by Crippen LogP contribution is -2.48. The summed E-state index contributed by atoms with van der Waals surface area (Å²) in [6.45, 7) is 9.20. The van der Waals surface area contributed by atoms with Crippen molar-refractivity contribution in [1.82, 2.24) is 4.90 Å². The fourth-order valence-electron chi connectivity index (χ4n) is 2.42. The molecule has 1 aliphatic rings. The molecule has 3 nitrogen and oxygen atoms in total. The average molecular weight is 227 g/mol. The van der Waals surface area contributed by atoms with Gasteiger partial charge in [0.1, 0.15) is 0 Å². The van der Waals surface area contributed by atoms with Crippen molar-refractivity contribution in [2.45, 2.75) is 46.5 Å². The molecule has 1 saturated heterocycles. The van der Waals surface area contributed by atoms with Crippen LogP contribution in [-0.4, -0.2) is 35.6 Å². The number of carboxylic acid groups (broad SMARTS) is 1. The van der Waals surface area contributed by atoms with Gasteiger partial charge >= 0.3 is 5.97 Å². The van der Waals surface area contributed by atoms with Crippen LogP contribution < -0.4 is 0 Å². The molecule has 1 aliphatic heterocycles. The third-order valence-corrected chi connectivity index (χ3v) is 3.83. The van der Waals surface area contributed by atoms with E-state index in [1.807, 2.05) is 0 Å². The summed E-state index contributed by atoms with van der Waals surface area (Å²) in [6, 6.07) is 0. The van der Waals surface area contributed by atoms with Gasteiger partial charge in [-0.25, -0.2) is 0 Å². The summed E-state index contributed by atoms with van der Waals surface area (Å²) in [4.78, 5) is 13.5. The van der Waals surface area contributed by atoms with Crippen molar-refractivity contribution >= 4 is 5.97 Å². The quantitative estimate of drug-likeness (QED) is 0.734. The van der Waals surface area contributed by atoms with Crippen LogP contribution in [-0.2, 0) is 4.79 Å². The van der Waals surface area contributed by atoms with Crippen molar-refractivity contribution in [2.75, 3.05) is 19.6 Å². The zero-order valence-corrected chi connectivity index (χ0v) is 10.8. The molecule has 0 amide bonds. The first-order valence-corrected chi connectivity index (χ1v) is 6.42. The molecule has 94 valence electrons. The average Bonchev–Trinajstić information content (AvgIpc) is 2.20. The molecule has 1 fully saturated rings. The first kappa shape index (κ1) is 13.5. The van der Waals surface area contributed by atoms with E-state index in [0.29, 0.717) is 0 Å². The molecular formula is C13H25NO2. The minimum absolute atomic E-state index is 0.0485. The third-order valence-electron chi connectivity index (χ3n) is 3.83. The Balaban J connectivity index is 2.46. The van der Waals surface area contributed by atoms with E-state index in [4.69, 9.17) is 0 Å². The molecule has 1 atom stereocenters. The highest BCUT2D eigenvalue weighted by Gasteiger charge is 2.39. The summed E-state index contributed by atoms with van der Waals surface area (Å²) < 4.78 is 0. The van der Waals surface area contributed by atoms with Gasteiger partial charge in [-0.05, 0) is 31.3 Å². The fourth-order valence-corrected chi connectivity index (χ4v) is 2.42. The molecule has 1 unspecified atom stereocenters. The first-order chi connectivity index (χ1) is 7.47. The number of likely N-dealkylation sites (tertiary alicyclic amines) is 1. The number of unbranched alkanes of at least 4 members (excludes halogenated alkanes) is 2. The van der Waals surface area contributed by atoms with Gasteiger partial charge < -0.3 is 10.0 Å². The Morgan fingerprint density at radius 1 is 1.44 bits per heavy atom. The number of rotatable bonds is 5. The van der Waals surface area contributed by atoms with Crippen LogP contribution in [0.25, 0.3) is 0 Å². The lowest BCUT2D eigenvalue weighted by Gasteiger charge is -2.41. The smallest absolute Gasteiger partial charge is 0.308 e. The Labute approximate surface area is 98.8 Å². The fraction of sp³-hybridized carbons (Fsp3) is 0.923. The maximum Gasteiger partial charge on any atom is 0.308 e. The normalized spacial score (nSPS) is 25.6. The van der Waals surface area contributed by atoms with Crippen molar-refractivity contribution in [3.05, 3.63) is 0 Å². The van der Waals surface area contributed by atoms with Crippen molar-refractivity contribution in [3.8, 4) is 0 Å². The topological polar surface area (TPSA) is 40.5 Å². The van der Waals surface area contributed by atoms with Crippen LogP contribution in [0.5, 0.6) is 0 Å². The van der Waals surface area contributed by atoms with Gasteiger partial charge in [-0.15, -0.1) is 0 Å². The predicted octanol–water partition coefficient (Wildman–Crippen LogP) is 2.61. The van der Waals surface area contributed by atoms with Crippen LogP contribution in [0.4, 0.5) is 0 Å². The Morgan fingerprint density at radius 3 is 2.69 bits per heavy atom. The number of carbonyl (C=O) groups is 1. The van der Waals surface area contributed by atoms with Gasteiger partial charge in [0.25, 0.3) is 0 Å². The zero-order chi connectivity index (χ0) is 12.2. The van der Waals surface area contributed by atoms with Gasteiger partial charge in [-0.2, -0.15) is 0 Å². The molecule has 3 heteroatoms. The van der Waals surface area contributed by atoms with Crippen LogP contribution >= 0.6 is 0 Å². The standard InChI is InChI=1S/C13H25NO2/c1-4-5-6-8-14-9-7-13(2,3)11(10-14)12(15)16/h11H,4-10H2,1-3H3,(H,15,16). The van der Waals surface area contributed by atoms with Gasteiger partial charge in [0.15, 0.2) is 0 Å². The number of carboxylic acids is 1. The monoisotopic (exact) mass is 227 g/mol. The highest BCUT2D eigenvalue weighted by Crippen LogP contribution is 2.35. The molecule has 16 heavy (non-hydrogen) atoms. The molecular weight excluding hydrogens is 202 g/mol. The number of piperidine rings is 1. The SMILES string of the molecule is CCCCCN1CCC(C)(C)C(C(=O)O)C1. The highest BCUT2D eigenvalue weighted by molar-refractivity contribution is 5.71. The Morgan fingerprint density at radius 2 is 2.12 bits per heavy atom. The minimum atomic E-state index is -0.634. The van der Waals surface area contributed by atoms with Crippen LogP contribution in [0.3, 0.4) is 0 Å². The number of hydrogen-bond donors (Lipinski definition) is 1. The molecule has 0 aromatic carbocycles. The summed E-state index contributed by atoms with van der Waals surface area (Å²) in [5, 5.41) is 9.24. The van der Waals surface area contributed by atoms with Gasteiger partial charge in [-0.3, -0.25) is 4.79 Å². The zero-order valence-electron chi connectivity index (χ0n) is 10.8. The molecule has 0 aromatic heterocycles. The van der Waals surface area contributed by atoms with E-state index >= 15 is 0 Å². The van der Waals surface area contributed by atoms with Crippen LogP contribution in [0, 0.1) is 11.3 Å². The van der Waals surface area contributed by atoms with E-state index in [-0.39, 0.29) is 11.3 Å². The van der Waals surface area contributed by atoms with Gasteiger partial charge in [0.05, 0.1) is 5.92 Å². The second-order valence-electron chi connectivity index (χ2n) is 5.64. The second-order valence-corrected chi connectivity index (χ2v) is 5.64. The summed E-state index contributed by atoms with van der Waals surface area (Å²) in [5.41, 5.74) is -0.0485. The maximum absolute atomic E-state index is 11.2. The Bertz CT molecular complexity index is 238. The number of nitrogens with zero attached hydrogens (tertiary/aromatic N) is 1. The molecule has 0 radical (unpaired) electrons. The number of hydrogen-bond acceptors (Lipinski definition) is 2. The largest absolute Gasteiger partial charge is 0.481 e. The van der Waals surface area contributed by atoms with Crippen molar-refractivity contribution in [3.63, 3.8) is 0 Å². The third kappa shape index (κ3) is 3.48. The van der Waals surface area contributed by atoms with Crippen LogP contribution in [0.2, 0.25) is 0 Å². The minimum Gasteiger partial charge on any atom is -0.481 e. The van der Waals surface area contributed by atoms with Crippen molar-refractivity contribution < 1.29 is 9.90 Å². The first-order valence-electron chi connectivity index (χ1n) is 6.42. The lowest BCUT2D eigenvalue weighted by molar-refractivity contribution is -0.149. The summed E-state index contributed by atoms with van der Waals surface area (Å²) in [6.07, 6.45) is 4.67. The summed E-state index contributed by atoms with van der Waals surface area (Å²) in [7, 11) is 0. The molecule has 0 spiro atoms. The van der Waals surface area contributed by atoms with Crippen molar-refractivity contribution in [1.29, 1.82) is 0 Å².